The predicted molar refractivity (Wildman–Crippen MR) is 165 cm³/mol. The number of rotatable bonds is 4. The molecule has 3 aliphatic rings. The fraction of sp³-hybridized carbons (Fsp3) is 0.794. The number of cyclic esters (lactones) is 1. The number of esters is 1. The van der Waals surface area contributed by atoms with Crippen LogP contribution in [0.15, 0.2) is 23.8 Å². The van der Waals surface area contributed by atoms with Crippen molar-refractivity contribution < 1.29 is 29.6 Å². The van der Waals surface area contributed by atoms with Crippen molar-refractivity contribution in [2.45, 2.75) is 97.4 Å². The Labute approximate surface area is 258 Å². The van der Waals surface area contributed by atoms with Crippen LogP contribution in [0.5, 0.6) is 0 Å². The summed E-state index contributed by atoms with van der Waals surface area (Å²) >= 11 is 0. The monoisotopic (exact) mass is 601 g/mol. The molecule has 0 unspecified atom stereocenters. The number of hydrogen-bond donors (Lipinski definition) is 3. The Hall–Kier alpha value is -2.25. The molecular formula is C34H55N3O6. The van der Waals surface area contributed by atoms with Gasteiger partial charge in [0.1, 0.15) is 6.10 Å². The first-order valence-corrected chi connectivity index (χ1v) is 16.5. The van der Waals surface area contributed by atoms with E-state index in [4.69, 9.17) is 4.74 Å². The zero-order valence-electron chi connectivity index (χ0n) is 26.7. The lowest BCUT2D eigenvalue weighted by Crippen LogP contribution is -2.51. The summed E-state index contributed by atoms with van der Waals surface area (Å²) in [6.07, 6.45) is 8.23. The van der Waals surface area contributed by atoms with Crippen LogP contribution in [0, 0.1) is 46.8 Å². The molecular weight excluding hydrogens is 546 g/mol. The van der Waals surface area contributed by atoms with Crippen LogP contribution >= 0.6 is 0 Å². The first kappa shape index (κ1) is 35.2. The summed E-state index contributed by atoms with van der Waals surface area (Å²) < 4.78 is 6.06. The van der Waals surface area contributed by atoms with Crippen LogP contribution in [0.2, 0.25) is 0 Å². The third kappa shape index (κ3) is 10.4. The van der Waals surface area contributed by atoms with Gasteiger partial charge in [0.25, 0.3) is 0 Å². The SMILES string of the molecule is C[C@@H]1C[C@H](C)C[C@H](C)[C@@H](O)CC(=O)O[C@H]([C@@H]2CCC[C@H]2C(=O)N2CCN(CCO)CC2)C/C=C/C=C(/C#N)[C@H](O)[C@@H](C)C1. The molecule has 2 aliphatic heterocycles. The summed E-state index contributed by atoms with van der Waals surface area (Å²) in [6, 6.07) is 2.16. The molecule has 0 aromatic carbocycles. The van der Waals surface area contributed by atoms with Gasteiger partial charge < -0.3 is 25.0 Å². The number of carbonyl (C=O) groups is 2. The van der Waals surface area contributed by atoms with Crippen LogP contribution in [0.4, 0.5) is 0 Å². The fourth-order valence-electron chi connectivity index (χ4n) is 7.53. The van der Waals surface area contributed by atoms with Crippen molar-refractivity contribution in [2.24, 2.45) is 35.5 Å². The van der Waals surface area contributed by atoms with Crippen molar-refractivity contribution in [1.29, 1.82) is 5.26 Å². The van der Waals surface area contributed by atoms with E-state index in [-0.39, 0.29) is 42.6 Å². The highest BCUT2D eigenvalue weighted by molar-refractivity contribution is 5.80. The van der Waals surface area contributed by atoms with Gasteiger partial charge in [-0.2, -0.15) is 5.26 Å². The predicted octanol–water partition coefficient (Wildman–Crippen LogP) is 3.69. The Bertz CT molecular complexity index is 1000. The Morgan fingerprint density at radius 2 is 1.70 bits per heavy atom. The van der Waals surface area contributed by atoms with E-state index in [9.17, 15) is 30.2 Å². The van der Waals surface area contributed by atoms with E-state index in [1.54, 1.807) is 12.2 Å². The molecule has 43 heavy (non-hydrogen) atoms. The third-order valence-corrected chi connectivity index (χ3v) is 9.90. The number of allylic oxidation sites excluding steroid dienone is 2. The molecule has 0 radical (unpaired) electrons. The molecule has 242 valence electrons. The molecule has 1 amide bonds. The maximum absolute atomic E-state index is 13.7. The van der Waals surface area contributed by atoms with Crippen LogP contribution in [0.3, 0.4) is 0 Å². The number of piperazine rings is 1. The summed E-state index contributed by atoms with van der Waals surface area (Å²) in [7, 11) is 0. The second-order valence-electron chi connectivity index (χ2n) is 13.6. The van der Waals surface area contributed by atoms with Crippen LogP contribution in [0.1, 0.15) is 79.1 Å². The summed E-state index contributed by atoms with van der Waals surface area (Å²) in [6.45, 7) is 11.7. The zero-order valence-corrected chi connectivity index (χ0v) is 26.7. The molecule has 1 saturated carbocycles. The lowest BCUT2D eigenvalue weighted by molar-refractivity contribution is -0.158. The average molecular weight is 602 g/mol. The Balaban J connectivity index is 1.81. The number of carbonyl (C=O) groups excluding carboxylic acids is 2. The minimum absolute atomic E-state index is 0.0755. The lowest BCUT2D eigenvalue weighted by Gasteiger charge is -2.37. The summed E-state index contributed by atoms with van der Waals surface area (Å²) in [5.41, 5.74) is 0.310. The molecule has 0 aromatic rings. The molecule has 3 N–H and O–H groups in total. The summed E-state index contributed by atoms with van der Waals surface area (Å²) in [5, 5.41) is 40.9. The van der Waals surface area contributed by atoms with Crippen molar-refractivity contribution in [2.75, 3.05) is 39.3 Å². The number of nitrogens with zero attached hydrogens (tertiary/aromatic N) is 3. The molecule has 0 bridgehead atoms. The van der Waals surface area contributed by atoms with Gasteiger partial charge in [-0.1, -0.05) is 46.3 Å². The van der Waals surface area contributed by atoms with E-state index in [1.807, 2.05) is 24.8 Å². The number of nitriles is 1. The highest BCUT2D eigenvalue weighted by Gasteiger charge is 2.42. The number of amides is 1. The van der Waals surface area contributed by atoms with Crippen LogP contribution in [0.25, 0.3) is 0 Å². The first-order chi connectivity index (χ1) is 20.5. The van der Waals surface area contributed by atoms with Crippen LogP contribution < -0.4 is 0 Å². The smallest absolute Gasteiger partial charge is 0.308 e. The Kier molecular flexibility index (Phi) is 14.2. The quantitative estimate of drug-likeness (QED) is 0.416. The molecule has 9 atom stereocenters. The normalized spacial score (nSPS) is 38.2. The highest BCUT2D eigenvalue weighted by atomic mass is 16.5. The van der Waals surface area contributed by atoms with Gasteiger partial charge in [-0.05, 0) is 61.9 Å². The van der Waals surface area contributed by atoms with Gasteiger partial charge in [0, 0.05) is 51.0 Å². The van der Waals surface area contributed by atoms with Gasteiger partial charge in [0.05, 0.1) is 36.9 Å². The lowest BCUT2D eigenvalue weighted by atomic mass is 9.82. The van der Waals surface area contributed by atoms with E-state index in [0.717, 1.165) is 51.6 Å². The van der Waals surface area contributed by atoms with Crippen molar-refractivity contribution in [3.05, 3.63) is 23.8 Å². The van der Waals surface area contributed by atoms with Crippen molar-refractivity contribution in [3.63, 3.8) is 0 Å². The van der Waals surface area contributed by atoms with E-state index in [1.165, 1.54) is 0 Å². The van der Waals surface area contributed by atoms with Crippen LogP contribution in [-0.4, -0.2) is 94.6 Å². The van der Waals surface area contributed by atoms with Gasteiger partial charge in [-0.15, -0.1) is 0 Å². The van der Waals surface area contributed by atoms with Crippen molar-refractivity contribution >= 4 is 11.9 Å². The number of aliphatic hydroxyl groups excluding tert-OH is 3. The van der Waals surface area contributed by atoms with Crippen LogP contribution in [-0.2, 0) is 14.3 Å². The average Bonchev–Trinajstić information content (AvgIpc) is 3.45. The second-order valence-corrected chi connectivity index (χ2v) is 13.6. The zero-order chi connectivity index (χ0) is 31.5. The van der Waals surface area contributed by atoms with E-state index < -0.39 is 24.3 Å². The summed E-state index contributed by atoms with van der Waals surface area (Å²) in [4.78, 5) is 30.9. The molecule has 2 heterocycles. The maximum atomic E-state index is 13.7. The maximum Gasteiger partial charge on any atom is 0.308 e. The van der Waals surface area contributed by atoms with E-state index >= 15 is 0 Å². The molecule has 0 spiro atoms. The Morgan fingerprint density at radius 1 is 1.02 bits per heavy atom. The molecule has 1 saturated heterocycles. The molecule has 1 aliphatic carbocycles. The minimum atomic E-state index is -0.865. The number of ether oxygens (including phenoxy) is 1. The van der Waals surface area contributed by atoms with Crippen molar-refractivity contribution in [1.82, 2.24) is 9.80 Å². The standard InChI is InChI=1S/C34H55N3O6/c1-23-18-24(2)20-26(4)33(41)27(22-35)8-5-6-11-31(43-32(40)21-30(39)25(3)19-23)28-9-7-10-29(28)34(42)37-14-12-36(13-15-37)16-17-38/h5-6,8,23-26,28-31,33,38-39,41H,7,9-21H2,1-4H3/b6-5+,27-8-/t23-,24+,25-,26-,28+,29+,30-,31-,33+/m0/s1. The molecule has 9 heteroatoms. The van der Waals surface area contributed by atoms with Crippen molar-refractivity contribution in [3.8, 4) is 6.07 Å². The van der Waals surface area contributed by atoms with Gasteiger partial charge >= 0.3 is 5.97 Å². The summed E-state index contributed by atoms with van der Waals surface area (Å²) in [5.74, 6) is -0.205. The molecule has 2 fully saturated rings. The number of β-amino-alcohol motifs (C(OH)–C–C–N with tert-alkyl or cyclic N) is 1. The molecule has 0 aromatic heterocycles. The highest BCUT2D eigenvalue weighted by Crippen LogP contribution is 2.38. The van der Waals surface area contributed by atoms with Gasteiger partial charge in [0.2, 0.25) is 5.91 Å². The molecule has 3 rings (SSSR count). The molecule has 9 nitrogen and oxygen atoms in total. The third-order valence-electron chi connectivity index (χ3n) is 9.90. The second kappa shape index (κ2) is 17.3. The minimum Gasteiger partial charge on any atom is -0.462 e. The van der Waals surface area contributed by atoms with Gasteiger partial charge in [0.15, 0.2) is 0 Å². The number of aliphatic hydroxyl groups is 3. The Morgan fingerprint density at radius 3 is 2.35 bits per heavy atom. The van der Waals surface area contributed by atoms with Gasteiger partial charge in [-0.3, -0.25) is 14.5 Å². The number of hydrogen-bond acceptors (Lipinski definition) is 8. The fourth-order valence-corrected chi connectivity index (χ4v) is 7.53. The van der Waals surface area contributed by atoms with E-state index in [2.05, 4.69) is 24.8 Å². The first-order valence-electron chi connectivity index (χ1n) is 16.5. The topological polar surface area (TPSA) is 134 Å². The largest absolute Gasteiger partial charge is 0.462 e. The van der Waals surface area contributed by atoms with E-state index in [0.29, 0.717) is 43.5 Å². The van der Waals surface area contributed by atoms with Gasteiger partial charge in [-0.25, -0.2) is 0 Å².